The van der Waals surface area contributed by atoms with Crippen LogP contribution in [0.25, 0.3) is 0 Å². The number of aliphatic carboxylic acids is 2. The molecule has 2 unspecified atom stereocenters. The number of amides is 1. The van der Waals surface area contributed by atoms with Crippen LogP contribution in [0.15, 0.2) is 16.4 Å². The molecule has 2 aliphatic rings. The van der Waals surface area contributed by atoms with Crippen molar-refractivity contribution in [2.75, 3.05) is 11.5 Å². The maximum Gasteiger partial charge on any atom is 0.352 e. The van der Waals surface area contributed by atoms with Gasteiger partial charge in [0.05, 0.1) is 6.54 Å². The maximum atomic E-state index is 11.9. The first-order valence-electron chi connectivity index (χ1n) is 7.26. The highest BCUT2D eigenvalue weighted by Crippen LogP contribution is 2.40. The average Bonchev–Trinajstić information content (AvgIpc) is 3.04. The monoisotopic (exact) mass is 402 g/mol. The van der Waals surface area contributed by atoms with E-state index in [0.29, 0.717) is 11.3 Å². The number of tetrazole rings is 1. The fourth-order valence-electron chi connectivity index (χ4n) is 2.50. The Morgan fingerprint density at radius 1 is 1.42 bits per heavy atom. The summed E-state index contributed by atoms with van der Waals surface area (Å²) in [5.74, 6) is -2.49. The van der Waals surface area contributed by atoms with E-state index in [0.717, 1.165) is 16.4 Å². The van der Waals surface area contributed by atoms with Crippen molar-refractivity contribution in [2.45, 2.75) is 29.2 Å². The van der Waals surface area contributed by atoms with E-state index in [9.17, 15) is 24.6 Å². The summed E-state index contributed by atoms with van der Waals surface area (Å²) in [5.41, 5.74) is 6.12. The molecule has 1 aromatic heterocycles. The molecule has 12 nitrogen and oxygen atoms in total. The number of thioether (sulfide) groups is 2. The minimum absolute atomic E-state index is 0.0856. The van der Waals surface area contributed by atoms with E-state index in [1.54, 1.807) is 0 Å². The molecule has 1 aromatic rings. The van der Waals surface area contributed by atoms with Crippen LogP contribution in [0.5, 0.6) is 0 Å². The van der Waals surface area contributed by atoms with Gasteiger partial charge in [-0.2, -0.15) is 0 Å². The summed E-state index contributed by atoms with van der Waals surface area (Å²) in [7, 11) is 0. The second-order valence-electron chi connectivity index (χ2n) is 5.48. The normalized spacial score (nSPS) is 23.5. The van der Waals surface area contributed by atoms with Crippen molar-refractivity contribution in [1.29, 1.82) is 0 Å². The Kier molecular flexibility index (Phi) is 5.17. The molecular weight excluding hydrogens is 388 g/mol. The first kappa shape index (κ1) is 18.6. The lowest BCUT2D eigenvalue weighted by Gasteiger charge is -2.48. The number of hydrogen-bond acceptors (Lipinski definition) is 10. The van der Waals surface area contributed by atoms with Crippen LogP contribution < -0.4 is 5.73 Å². The van der Waals surface area contributed by atoms with Gasteiger partial charge in [-0.05, 0) is 16.0 Å². The lowest BCUT2D eigenvalue weighted by atomic mass is 10.0. The average molecular weight is 402 g/mol. The number of carboxylic acid groups (broad SMARTS) is 2. The highest BCUT2D eigenvalue weighted by molar-refractivity contribution is 8.01. The lowest BCUT2D eigenvalue weighted by Crippen LogP contribution is -2.68. The first-order chi connectivity index (χ1) is 12.3. The SMILES string of the molecule is NC1C(=O)N2C(C(=O)O)=C(CSc3nnnn3CC(O)C(=O)O)CS[C@H]12. The molecule has 0 bridgehead atoms. The third kappa shape index (κ3) is 3.27. The van der Waals surface area contributed by atoms with Gasteiger partial charge in [0.15, 0.2) is 6.10 Å². The van der Waals surface area contributed by atoms with Gasteiger partial charge in [-0.3, -0.25) is 9.69 Å². The molecule has 26 heavy (non-hydrogen) atoms. The van der Waals surface area contributed by atoms with E-state index in [4.69, 9.17) is 10.8 Å². The zero-order valence-corrected chi connectivity index (χ0v) is 14.7. The van der Waals surface area contributed by atoms with Crippen molar-refractivity contribution in [3.8, 4) is 0 Å². The Labute approximate surface area is 154 Å². The van der Waals surface area contributed by atoms with E-state index in [2.05, 4.69) is 15.5 Å². The summed E-state index contributed by atoms with van der Waals surface area (Å²) in [4.78, 5) is 35.4. The number of β-lactam (4-membered cyclic amide) rings is 1. The number of aromatic nitrogens is 4. The third-order valence-corrected chi connectivity index (χ3v) is 6.20. The number of aliphatic hydroxyl groups is 1. The number of nitrogens with two attached hydrogens (primary N) is 1. The Bertz CT molecular complexity index is 797. The highest BCUT2D eigenvalue weighted by Gasteiger charge is 2.51. The summed E-state index contributed by atoms with van der Waals surface area (Å²) >= 11 is 2.46. The van der Waals surface area contributed by atoms with Gasteiger partial charge in [0.1, 0.15) is 17.1 Å². The van der Waals surface area contributed by atoms with Crippen molar-refractivity contribution >= 4 is 41.4 Å². The van der Waals surface area contributed by atoms with Gasteiger partial charge in [-0.15, -0.1) is 16.9 Å². The minimum atomic E-state index is -1.67. The summed E-state index contributed by atoms with van der Waals surface area (Å²) in [6, 6.07) is -0.701. The van der Waals surface area contributed by atoms with Crippen LogP contribution in [0.4, 0.5) is 0 Å². The topological polar surface area (TPSA) is 185 Å². The molecule has 0 aliphatic carbocycles. The van der Waals surface area contributed by atoms with Gasteiger partial charge in [0, 0.05) is 11.5 Å². The van der Waals surface area contributed by atoms with Crippen LogP contribution in [-0.2, 0) is 20.9 Å². The highest BCUT2D eigenvalue weighted by atomic mass is 32.2. The smallest absolute Gasteiger partial charge is 0.352 e. The molecule has 3 heterocycles. The summed E-state index contributed by atoms with van der Waals surface area (Å²) < 4.78 is 1.12. The molecule has 14 heteroatoms. The summed E-state index contributed by atoms with van der Waals surface area (Å²) in [6.07, 6.45) is -1.67. The van der Waals surface area contributed by atoms with Gasteiger partial charge < -0.3 is 21.1 Å². The van der Waals surface area contributed by atoms with E-state index in [1.807, 2.05) is 0 Å². The van der Waals surface area contributed by atoms with Crippen molar-refractivity contribution in [1.82, 2.24) is 25.1 Å². The molecule has 2 aliphatic heterocycles. The molecule has 5 N–H and O–H groups in total. The van der Waals surface area contributed by atoms with Crippen molar-refractivity contribution in [3.05, 3.63) is 11.3 Å². The molecule has 3 atom stereocenters. The number of fused-ring (bicyclic) bond motifs is 1. The van der Waals surface area contributed by atoms with E-state index in [1.165, 1.54) is 16.7 Å². The van der Waals surface area contributed by atoms with Crippen LogP contribution in [0.3, 0.4) is 0 Å². The van der Waals surface area contributed by atoms with E-state index < -0.39 is 30.0 Å². The zero-order chi connectivity index (χ0) is 19.0. The zero-order valence-electron chi connectivity index (χ0n) is 13.0. The molecule has 0 radical (unpaired) electrons. The second-order valence-corrected chi connectivity index (χ2v) is 7.53. The summed E-state index contributed by atoms with van der Waals surface area (Å²) in [6.45, 7) is -0.341. The van der Waals surface area contributed by atoms with Crippen LogP contribution >= 0.6 is 23.5 Å². The number of carbonyl (C=O) groups excluding carboxylic acids is 1. The van der Waals surface area contributed by atoms with Gasteiger partial charge in [-0.1, -0.05) is 11.8 Å². The molecule has 0 saturated carbocycles. The quantitative estimate of drug-likeness (QED) is 0.285. The van der Waals surface area contributed by atoms with Crippen LogP contribution in [0, 0.1) is 0 Å². The number of rotatable bonds is 7. The summed E-state index contributed by atoms with van der Waals surface area (Å²) in [5, 5.41) is 38.3. The largest absolute Gasteiger partial charge is 0.479 e. The fraction of sp³-hybridized carbons (Fsp3) is 0.500. The molecule has 1 fully saturated rings. The predicted molar refractivity (Wildman–Crippen MR) is 87.9 cm³/mol. The Morgan fingerprint density at radius 3 is 2.81 bits per heavy atom. The molecule has 0 spiro atoms. The second kappa shape index (κ2) is 7.22. The molecule has 3 rings (SSSR count). The van der Waals surface area contributed by atoms with E-state index >= 15 is 0 Å². The maximum absolute atomic E-state index is 11.9. The van der Waals surface area contributed by atoms with Gasteiger partial charge in [0.2, 0.25) is 11.1 Å². The lowest BCUT2D eigenvalue weighted by molar-refractivity contribution is -0.147. The Balaban J connectivity index is 1.75. The van der Waals surface area contributed by atoms with Gasteiger partial charge in [-0.25, -0.2) is 14.3 Å². The molecular formula is C12H14N6O6S2. The van der Waals surface area contributed by atoms with E-state index in [-0.39, 0.29) is 28.5 Å². The van der Waals surface area contributed by atoms with Crippen LogP contribution in [0.2, 0.25) is 0 Å². The molecule has 140 valence electrons. The number of nitrogens with zero attached hydrogens (tertiary/aromatic N) is 5. The number of carbonyl (C=O) groups is 3. The fourth-order valence-corrected chi connectivity index (χ4v) is 4.82. The Hall–Kier alpha value is -2.16. The van der Waals surface area contributed by atoms with Crippen molar-refractivity contribution in [2.24, 2.45) is 5.73 Å². The van der Waals surface area contributed by atoms with Crippen molar-refractivity contribution in [3.63, 3.8) is 0 Å². The van der Waals surface area contributed by atoms with Crippen LogP contribution in [0.1, 0.15) is 0 Å². The standard InChI is InChI=1S/C12H14N6O6S2/c13-6-8(20)18-7(11(23)24)4(2-25-9(6)18)3-26-12-14-15-16-17(12)1-5(19)10(21)22/h5-6,9,19H,1-3,13H2,(H,21,22)(H,23,24)/t5?,6?,9-/m1/s1. The Morgan fingerprint density at radius 2 is 2.15 bits per heavy atom. The van der Waals surface area contributed by atoms with Crippen molar-refractivity contribution < 1.29 is 29.7 Å². The molecule has 0 aromatic carbocycles. The number of aliphatic hydroxyl groups excluding tert-OH is 1. The predicted octanol–water partition coefficient (Wildman–Crippen LogP) is -2.21. The molecule has 1 amide bonds. The van der Waals surface area contributed by atoms with Gasteiger partial charge in [0.25, 0.3) is 0 Å². The van der Waals surface area contributed by atoms with Crippen LogP contribution in [-0.4, -0.2) is 87.3 Å². The van der Waals surface area contributed by atoms with Gasteiger partial charge >= 0.3 is 11.9 Å². The first-order valence-corrected chi connectivity index (χ1v) is 9.30. The number of carboxylic acids is 2. The number of hydrogen-bond donors (Lipinski definition) is 4. The molecule has 1 saturated heterocycles. The minimum Gasteiger partial charge on any atom is -0.479 e. The third-order valence-electron chi connectivity index (χ3n) is 3.80.